The summed E-state index contributed by atoms with van der Waals surface area (Å²) in [6.07, 6.45) is 7.90. The van der Waals surface area contributed by atoms with Crippen LogP contribution in [0.1, 0.15) is 38.5 Å². The molecule has 2 rings (SSSR count). The minimum absolute atomic E-state index is 0.106. The van der Waals surface area contributed by atoms with Crippen LogP contribution in [0.15, 0.2) is 0 Å². The van der Waals surface area contributed by atoms with E-state index in [4.69, 9.17) is 0 Å². The van der Waals surface area contributed by atoms with Crippen molar-refractivity contribution < 1.29 is 8.42 Å². The van der Waals surface area contributed by atoms with Crippen molar-refractivity contribution in [1.82, 2.24) is 5.32 Å². The predicted octanol–water partition coefficient (Wildman–Crippen LogP) is 2.07. The van der Waals surface area contributed by atoms with Gasteiger partial charge in [-0.1, -0.05) is 6.42 Å². The molecule has 1 aliphatic heterocycles. The minimum Gasteiger partial charge on any atom is -0.314 e. The first-order valence-electron chi connectivity index (χ1n) is 7.05. The molecule has 2 unspecified atom stereocenters. The number of thioether (sulfide) groups is 1. The van der Waals surface area contributed by atoms with Gasteiger partial charge in [-0.05, 0) is 56.1 Å². The summed E-state index contributed by atoms with van der Waals surface area (Å²) in [6, 6.07) is 0.424. The van der Waals surface area contributed by atoms with Gasteiger partial charge in [0.25, 0.3) is 0 Å². The van der Waals surface area contributed by atoms with Gasteiger partial charge in [-0.15, -0.1) is 0 Å². The lowest BCUT2D eigenvalue weighted by atomic mass is 9.94. The molecule has 3 nitrogen and oxygen atoms in total. The molecule has 0 aromatic heterocycles. The quantitative estimate of drug-likeness (QED) is 0.861. The van der Waals surface area contributed by atoms with E-state index in [9.17, 15) is 8.42 Å². The molecule has 2 atom stereocenters. The van der Waals surface area contributed by atoms with Gasteiger partial charge in [-0.2, -0.15) is 11.8 Å². The molecule has 5 heteroatoms. The van der Waals surface area contributed by atoms with Crippen LogP contribution in [0.25, 0.3) is 0 Å². The van der Waals surface area contributed by atoms with E-state index in [1.165, 1.54) is 30.6 Å². The third-order valence-corrected chi connectivity index (χ3v) is 6.96. The smallest absolute Gasteiger partial charge is 0.150 e. The van der Waals surface area contributed by atoms with E-state index in [0.717, 1.165) is 38.1 Å². The number of hydrogen-bond acceptors (Lipinski definition) is 4. The summed E-state index contributed by atoms with van der Waals surface area (Å²) in [5.74, 6) is 3.40. The second-order valence-corrected chi connectivity index (χ2v) is 9.33. The van der Waals surface area contributed by atoms with Crippen LogP contribution in [-0.4, -0.2) is 44.0 Å². The molecule has 0 spiro atoms. The van der Waals surface area contributed by atoms with Gasteiger partial charge < -0.3 is 5.32 Å². The first-order chi connectivity index (χ1) is 8.55. The van der Waals surface area contributed by atoms with E-state index in [2.05, 4.69) is 17.1 Å². The maximum atomic E-state index is 11.6. The molecule has 1 aliphatic carbocycles. The number of sulfone groups is 1. The maximum Gasteiger partial charge on any atom is 0.150 e. The van der Waals surface area contributed by atoms with Gasteiger partial charge in [-0.25, -0.2) is 8.42 Å². The Bertz CT molecular complexity index is 350. The topological polar surface area (TPSA) is 46.2 Å². The van der Waals surface area contributed by atoms with Crippen LogP contribution in [0.3, 0.4) is 0 Å². The van der Waals surface area contributed by atoms with Gasteiger partial charge in [-0.3, -0.25) is 0 Å². The lowest BCUT2D eigenvalue weighted by Crippen LogP contribution is -2.41. The molecule has 0 amide bonds. The van der Waals surface area contributed by atoms with Crippen LogP contribution in [0.4, 0.5) is 0 Å². The normalized spacial score (nSPS) is 31.4. The number of rotatable bonds is 4. The van der Waals surface area contributed by atoms with Gasteiger partial charge >= 0.3 is 0 Å². The number of nitrogens with one attached hydrogen (secondary N) is 1. The summed E-state index contributed by atoms with van der Waals surface area (Å²) in [5.41, 5.74) is 0. The maximum absolute atomic E-state index is 11.6. The molecule has 1 N–H and O–H groups in total. The third-order valence-electron chi connectivity index (χ3n) is 4.27. The highest BCUT2D eigenvalue weighted by Gasteiger charge is 2.29. The Morgan fingerprint density at radius 2 is 1.89 bits per heavy atom. The lowest BCUT2D eigenvalue weighted by molar-refractivity contribution is 0.338. The van der Waals surface area contributed by atoms with Crippen molar-refractivity contribution in [2.24, 2.45) is 5.92 Å². The molecule has 1 saturated heterocycles. The van der Waals surface area contributed by atoms with Crippen molar-refractivity contribution in [3.8, 4) is 0 Å². The van der Waals surface area contributed by atoms with Crippen LogP contribution < -0.4 is 5.32 Å². The van der Waals surface area contributed by atoms with Gasteiger partial charge in [0.1, 0.15) is 9.84 Å². The van der Waals surface area contributed by atoms with E-state index in [-0.39, 0.29) is 5.25 Å². The van der Waals surface area contributed by atoms with Crippen molar-refractivity contribution in [3.05, 3.63) is 0 Å². The van der Waals surface area contributed by atoms with Crippen LogP contribution in [-0.2, 0) is 9.84 Å². The van der Waals surface area contributed by atoms with E-state index in [1.807, 2.05) is 0 Å². The minimum atomic E-state index is -2.85. The Balaban J connectivity index is 1.75. The monoisotopic (exact) mass is 291 g/mol. The Morgan fingerprint density at radius 3 is 2.56 bits per heavy atom. The molecule has 106 valence electrons. The fourth-order valence-electron chi connectivity index (χ4n) is 3.00. The molecule has 0 radical (unpaired) electrons. The van der Waals surface area contributed by atoms with Crippen molar-refractivity contribution in [2.75, 3.05) is 24.3 Å². The first kappa shape index (κ1) is 14.7. The van der Waals surface area contributed by atoms with Crippen molar-refractivity contribution >= 4 is 21.6 Å². The largest absolute Gasteiger partial charge is 0.314 e. The SMILES string of the molecule is CS(=O)(=O)C1CCCC(NCC2CCSCC2)C1. The van der Waals surface area contributed by atoms with E-state index in [0.29, 0.717) is 6.04 Å². The van der Waals surface area contributed by atoms with Gasteiger partial charge in [0.15, 0.2) is 0 Å². The second kappa shape index (κ2) is 6.62. The Kier molecular flexibility index (Phi) is 5.39. The van der Waals surface area contributed by atoms with Crippen molar-refractivity contribution in [1.29, 1.82) is 0 Å². The molecular formula is C13H25NO2S2. The zero-order valence-corrected chi connectivity index (χ0v) is 12.9. The molecule has 1 saturated carbocycles. The molecule has 2 fully saturated rings. The first-order valence-corrected chi connectivity index (χ1v) is 10.2. The molecular weight excluding hydrogens is 266 g/mol. The van der Waals surface area contributed by atoms with Crippen LogP contribution >= 0.6 is 11.8 Å². The van der Waals surface area contributed by atoms with Crippen LogP contribution in [0.2, 0.25) is 0 Å². The molecule has 1 heterocycles. The molecule has 18 heavy (non-hydrogen) atoms. The fourth-order valence-corrected chi connectivity index (χ4v) is 5.38. The number of hydrogen-bond donors (Lipinski definition) is 1. The molecule has 2 aliphatic rings. The average molecular weight is 291 g/mol. The van der Waals surface area contributed by atoms with Gasteiger partial charge in [0.2, 0.25) is 0 Å². The Morgan fingerprint density at radius 1 is 1.17 bits per heavy atom. The van der Waals surface area contributed by atoms with Crippen LogP contribution in [0, 0.1) is 5.92 Å². The Hall–Kier alpha value is 0.260. The van der Waals surface area contributed by atoms with E-state index in [1.54, 1.807) is 0 Å². The average Bonchev–Trinajstić information content (AvgIpc) is 2.37. The predicted molar refractivity (Wildman–Crippen MR) is 78.9 cm³/mol. The highest BCUT2D eigenvalue weighted by atomic mass is 32.2. The van der Waals surface area contributed by atoms with E-state index >= 15 is 0 Å². The lowest BCUT2D eigenvalue weighted by Gasteiger charge is -2.31. The zero-order chi connectivity index (χ0) is 13.0. The van der Waals surface area contributed by atoms with Crippen molar-refractivity contribution in [2.45, 2.75) is 49.8 Å². The Labute approximate surface area is 115 Å². The molecule has 0 bridgehead atoms. The highest BCUT2D eigenvalue weighted by Crippen LogP contribution is 2.25. The summed E-state index contributed by atoms with van der Waals surface area (Å²) < 4.78 is 23.2. The molecule has 0 aromatic rings. The van der Waals surface area contributed by atoms with Gasteiger partial charge in [0, 0.05) is 12.3 Å². The zero-order valence-electron chi connectivity index (χ0n) is 11.2. The fraction of sp³-hybridized carbons (Fsp3) is 1.00. The summed E-state index contributed by atoms with van der Waals surface area (Å²) in [7, 11) is -2.85. The highest BCUT2D eigenvalue weighted by molar-refractivity contribution is 7.99. The standard InChI is InChI=1S/C13H25NO2S2/c1-18(15,16)13-4-2-3-12(9-13)14-10-11-5-7-17-8-6-11/h11-14H,2-10H2,1H3. The van der Waals surface area contributed by atoms with Crippen molar-refractivity contribution in [3.63, 3.8) is 0 Å². The van der Waals surface area contributed by atoms with E-state index < -0.39 is 9.84 Å². The summed E-state index contributed by atoms with van der Waals surface area (Å²) >= 11 is 2.06. The third kappa shape index (κ3) is 4.42. The summed E-state index contributed by atoms with van der Waals surface area (Å²) in [4.78, 5) is 0. The second-order valence-electron chi connectivity index (χ2n) is 5.78. The molecule has 0 aromatic carbocycles. The van der Waals surface area contributed by atoms with Gasteiger partial charge in [0.05, 0.1) is 5.25 Å². The van der Waals surface area contributed by atoms with Crippen LogP contribution in [0.5, 0.6) is 0 Å². The summed E-state index contributed by atoms with van der Waals surface area (Å²) in [5, 5.41) is 3.51. The summed E-state index contributed by atoms with van der Waals surface area (Å²) in [6.45, 7) is 1.09.